The number of β-amino-alcohol motifs (C(OH)–C–C–N with tert-alkyl or cyclic N) is 1. The lowest BCUT2D eigenvalue weighted by molar-refractivity contribution is -0.00192. The first-order valence-electron chi connectivity index (χ1n) is 10.3. The highest BCUT2D eigenvalue weighted by Gasteiger charge is 2.42. The average molecular weight is 482 g/mol. The average Bonchev–Trinajstić information content (AvgIpc) is 3.08. The van der Waals surface area contributed by atoms with Crippen LogP contribution in [0.1, 0.15) is 18.4 Å². The van der Waals surface area contributed by atoms with Crippen LogP contribution in [0.4, 0.5) is 10.5 Å². The van der Waals surface area contributed by atoms with E-state index >= 15 is 0 Å². The number of hydrogen-bond donors (Lipinski definition) is 4. The molecule has 2 aromatic carbocycles. The van der Waals surface area contributed by atoms with E-state index in [0.717, 1.165) is 43.7 Å². The molecule has 0 radical (unpaired) electrons. The van der Waals surface area contributed by atoms with Gasteiger partial charge in [0.05, 0.1) is 10.7 Å². The predicted octanol–water partition coefficient (Wildman–Crippen LogP) is 3.40. The molecule has 0 aromatic heterocycles. The maximum Gasteiger partial charge on any atom is 0.316 e. The normalized spacial score (nSPS) is 18.1. The number of halogens is 2. The van der Waals surface area contributed by atoms with Crippen LogP contribution in [0.3, 0.4) is 0 Å². The fourth-order valence-corrected chi connectivity index (χ4v) is 4.61. The fraction of sp³-hybridized carbons (Fsp3) is 0.409. The number of benzene rings is 2. The van der Waals surface area contributed by atoms with E-state index in [1.165, 1.54) is 12.1 Å². The van der Waals surface area contributed by atoms with Crippen molar-refractivity contribution in [2.45, 2.75) is 31.0 Å². The summed E-state index contributed by atoms with van der Waals surface area (Å²) in [5.74, 6) is 0.868. The van der Waals surface area contributed by atoms with Crippen LogP contribution < -0.4 is 20.5 Å². The minimum Gasteiger partial charge on any atom is -0.506 e. The number of primary amides is 1. The van der Waals surface area contributed by atoms with Crippen molar-refractivity contribution in [3.8, 4) is 17.2 Å². The van der Waals surface area contributed by atoms with E-state index in [2.05, 4.69) is 10.2 Å². The highest BCUT2D eigenvalue weighted by atomic mass is 35.5. The Kier molecular flexibility index (Phi) is 6.57. The van der Waals surface area contributed by atoms with Crippen molar-refractivity contribution >= 4 is 34.9 Å². The fourth-order valence-electron chi connectivity index (χ4n) is 4.25. The third-order valence-corrected chi connectivity index (χ3v) is 6.37. The first-order chi connectivity index (χ1) is 15.2. The van der Waals surface area contributed by atoms with Crippen LogP contribution in [0.15, 0.2) is 30.3 Å². The van der Waals surface area contributed by atoms with Gasteiger partial charge in [-0.1, -0.05) is 23.2 Å². The highest BCUT2D eigenvalue weighted by molar-refractivity contribution is 6.32. The summed E-state index contributed by atoms with van der Waals surface area (Å²) < 4.78 is 11.9. The molecule has 5 N–H and O–H groups in total. The molecule has 2 aromatic rings. The first kappa shape index (κ1) is 22.8. The van der Waals surface area contributed by atoms with Gasteiger partial charge in [-0.3, -0.25) is 0 Å². The summed E-state index contributed by atoms with van der Waals surface area (Å²) in [6.45, 7) is 1.97. The number of nitrogens with one attached hydrogen (secondary N) is 1. The van der Waals surface area contributed by atoms with Gasteiger partial charge in [-0.25, -0.2) is 4.79 Å². The van der Waals surface area contributed by atoms with E-state index in [4.69, 9.17) is 38.4 Å². The van der Waals surface area contributed by atoms with Gasteiger partial charge in [0.25, 0.3) is 0 Å². The number of nitrogens with two attached hydrogens (primary N) is 1. The third kappa shape index (κ3) is 5.15. The summed E-state index contributed by atoms with van der Waals surface area (Å²) in [6, 6.07) is 7.55. The van der Waals surface area contributed by atoms with Crippen molar-refractivity contribution in [1.82, 2.24) is 4.90 Å². The van der Waals surface area contributed by atoms with Crippen LogP contribution in [-0.4, -0.2) is 59.1 Å². The van der Waals surface area contributed by atoms with Crippen molar-refractivity contribution in [2.75, 3.05) is 31.6 Å². The number of likely N-dealkylation sites (tertiary alicyclic amines) is 1. The molecular formula is C22H25Cl2N3O5. The Morgan fingerprint density at radius 3 is 2.75 bits per heavy atom. The molecule has 0 aliphatic carbocycles. The van der Waals surface area contributed by atoms with E-state index < -0.39 is 12.1 Å². The Morgan fingerprint density at radius 2 is 2.03 bits per heavy atom. The number of aliphatic hydroxyl groups is 1. The number of nitrogens with zero attached hydrogens (tertiary/aromatic N) is 1. The number of phenolic OH excluding ortho intramolecular Hbond substituents is 1. The zero-order chi connectivity index (χ0) is 22.9. The number of piperidine rings is 1. The van der Waals surface area contributed by atoms with Gasteiger partial charge in [-0.05, 0) is 29.8 Å². The minimum atomic E-state index is -0.794. The lowest BCUT2D eigenvalue weighted by Gasteiger charge is -2.39. The molecule has 0 bridgehead atoms. The number of ether oxygens (including phenoxy) is 2. The second-order valence-electron chi connectivity index (χ2n) is 8.27. The van der Waals surface area contributed by atoms with Crippen LogP contribution in [0.25, 0.3) is 0 Å². The molecular weight excluding hydrogens is 457 g/mol. The number of amides is 2. The predicted molar refractivity (Wildman–Crippen MR) is 122 cm³/mol. The molecule has 1 atom stereocenters. The van der Waals surface area contributed by atoms with Crippen molar-refractivity contribution in [3.63, 3.8) is 0 Å². The largest absolute Gasteiger partial charge is 0.506 e. The van der Waals surface area contributed by atoms with Crippen LogP contribution in [-0.2, 0) is 6.42 Å². The minimum absolute atomic E-state index is 0.0312. The number of fused-ring (bicyclic) bond motifs is 1. The molecule has 1 fully saturated rings. The van der Waals surface area contributed by atoms with E-state index in [1.807, 2.05) is 18.2 Å². The number of hydrogen-bond acceptors (Lipinski definition) is 6. The van der Waals surface area contributed by atoms with Gasteiger partial charge in [-0.2, -0.15) is 0 Å². The molecule has 2 aliphatic rings. The SMILES string of the molecule is NC(=O)Nc1cc(Cl)c(O)cc1OC[C@H](O)CN1CCC2(CC1)Cc1cc(Cl)ccc1O2. The van der Waals surface area contributed by atoms with Gasteiger partial charge in [0, 0.05) is 50.0 Å². The lowest BCUT2D eigenvalue weighted by Crippen LogP contribution is -2.49. The molecule has 2 heterocycles. The summed E-state index contributed by atoms with van der Waals surface area (Å²) in [5.41, 5.74) is 6.31. The molecule has 1 spiro atoms. The van der Waals surface area contributed by atoms with Gasteiger partial charge in [0.15, 0.2) is 0 Å². The Hall–Kier alpha value is -2.39. The Balaban J connectivity index is 1.29. The van der Waals surface area contributed by atoms with E-state index in [9.17, 15) is 15.0 Å². The van der Waals surface area contributed by atoms with Crippen molar-refractivity contribution in [3.05, 3.63) is 45.9 Å². The lowest BCUT2D eigenvalue weighted by atomic mass is 9.87. The molecule has 0 unspecified atom stereocenters. The van der Waals surface area contributed by atoms with E-state index in [1.54, 1.807) is 0 Å². The molecule has 4 rings (SSSR count). The smallest absolute Gasteiger partial charge is 0.316 e. The maximum atomic E-state index is 11.2. The number of aromatic hydroxyl groups is 1. The third-order valence-electron chi connectivity index (χ3n) is 5.84. The Morgan fingerprint density at radius 1 is 1.28 bits per heavy atom. The molecule has 32 heavy (non-hydrogen) atoms. The molecule has 10 heteroatoms. The van der Waals surface area contributed by atoms with Crippen molar-refractivity contribution < 1.29 is 24.5 Å². The zero-order valence-electron chi connectivity index (χ0n) is 17.3. The quantitative estimate of drug-likeness (QED) is 0.469. The second-order valence-corrected chi connectivity index (χ2v) is 9.11. The highest BCUT2D eigenvalue weighted by Crippen LogP contribution is 2.42. The monoisotopic (exact) mass is 481 g/mol. The van der Waals surface area contributed by atoms with Gasteiger partial charge >= 0.3 is 6.03 Å². The number of anilines is 1. The van der Waals surface area contributed by atoms with Gasteiger partial charge < -0.3 is 35.6 Å². The summed E-state index contributed by atoms with van der Waals surface area (Å²) >= 11 is 12.0. The van der Waals surface area contributed by atoms with Gasteiger partial charge in [0.2, 0.25) is 0 Å². The van der Waals surface area contributed by atoms with Crippen LogP contribution in [0, 0.1) is 0 Å². The number of rotatable bonds is 6. The molecule has 2 aliphatic heterocycles. The van der Waals surface area contributed by atoms with Crippen molar-refractivity contribution in [2.24, 2.45) is 5.73 Å². The number of carbonyl (C=O) groups is 1. The standard InChI is InChI=1S/C22H25Cl2N3O5/c23-14-1-2-19-13(7-14)10-22(32-19)3-5-27(6-4-22)11-15(28)12-31-20-9-18(29)16(24)8-17(20)26-21(25)30/h1-2,7-9,15,28-29H,3-6,10-12H2,(H3,25,26,30)/t15-/m1/s1. The summed E-state index contributed by atoms with van der Waals surface area (Å²) in [5, 5.41) is 23.4. The maximum absolute atomic E-state index is 11.2. The summed E-state index contributed by atoms with van der Waals surface area (Å²) in [4.78, 5) is 13.4. The Bertz CT molecular complexity index is 1010. The molecule has 1 saturated heterocycles. The first-order valence-corrected chi connectivity index (χ1v) is 11.1. The number of aliphatic hydroxyl groups excluding tert-OH is 1. The molecule has 2 amide bonds. The topological polar surface area (TPSA) is 117 Å². The Labute approximate surface area is 195 Å². The second kappa shape index (κ2) is 9.23. The summed E-state index contributed by atoms with van der Waals surface area (Å²) in [7, 11) is 0. The van der Waals surface area contributed by atoms with Gasteiger partial charge in [-0.15, -0.1) is 0 Å². The van der Waals surface area contributed by atoms with E-state index in [0.29, 0.717) is 11.6 Å². The molecule has 172 valence electrons. The molecule has 0 saturated carbocycles. The number of phenols is 1. The zero-order valence-corrected chi connectivity index (χ0v) is 18.8. The van der Waals surface area contributed by atoms with Crippen LogP contribution in [0.2, 0.25) is 10.0 Å². The number of carbonyl (C=O) groups excluding carboxylic acids is 1. The van der Waals surface area contributed by atoms with Gasteiger partial charge in [0.1, 0.15) is 35.6 Å². The van der Waals surface area contributed by atoms with Crippen molar-refractivity contribution in [1.29, 1.82) is 0 Å². The number of urea groups is 1. The molecule has 8 nitrogen and oxygen atoms in total. The summed E-state index contributed by atoms with van der Waals surface area (Å²) in [6.07, 6.45) is 1.77. The van der Waals surface area contributed by atoms with Crippen LogP contribution in [0.5, 0.6) is 17.2 Å². The van der Waals surface area contributed by atoms with Crippen LogP contribution >= 0.6 is 23.2 Å². The van der Waals surface area contributed by atoms with E-state index in [-0.39, 0.29) is 34.4 Å².